The monoisotopic (exact) mass is 380 g/mol. The summed E-state index contributed by atoms with van der Waals surface area (Å²) in [5.74, 6) is 1.06. The van der Waals surface area contributed by atoms with Crippen LogP contribution in [0.15, 0.2) is 41.6 Å². The topological polar surface area (TPSA) is 97.4 Å². The maximum Gasteiger partial charge on any atom is 0.272 e. The molecule has 0 radical (unpaired) electrons. The Balaban J connectivity index is 1.67. The molecule has 0 saturated carbocycles. The van der Waals surface area contributed by atoms with Crippen molar-refractivity contribution in [3.05, 3.63) is 58.4 Å². The summed E-state index contributed by atoms with van der Waals surface area (Å²) in [5, 5.41) is 0.350. The Morgan fingerprint density at radius 1 is 1.18 bits per heavy atom. The van der Waals surface area contributed by atoms with Crippen molar-refractivity contribution in [1.82, 2.24) is 19.9 Å². The Morgan fingerprint density at radius 3 is 2.79 bits per heavy atom. The number of amides is 1. The number of aromatic amines is 1. The van der Waals surface area contributed by atoms with E-state index in [2.05, 4.69) is 15.0 Å². The van der Waals surface area contributed by atoms with Crippen molar-refractivity contribution in [2.45, 2.75) is 18.9 Å². The highest BCUT2D eigenvalue weighted by molar-refractivity contribution is 5.96. The highest BCUT2D eigenvalue weighted by Crippen LogP contribution is 2.37. The van der Waals surface area contributed by atoms with E-state index >= 15 is 0 Å². The van der Waals surface area contributed by atoms with Crippen LogP contribution in [-0.2, 0) is 0 Å². The van der Waals surface area contributed by atoms with Crippen LogP contribution < -0.4 is 15.0 Å². The van der Waals surface area contributed by atoms with Crippen molar-refractivity contribution in [2.24, 2.45) is 0 Å². The van der Waals surface area contributed by atoms with Gasteiger partial charge in [-0.15, -0.1) is 0 Å². The van der Waals surface area contributed by atoms with Gasteiger partial charge in [-0.1, -0.05) is 6.07 Å². The van der Waals surface area contributed by atoms with E-state index in [0.717, 1.165) is 18.4 Å². The van der Waals surface area contributed by atoms with E-state index in [1.807, 2.05) is 18.2 Å². The molecule has 4 rings (SSSR count). The Morgan fingerprint density at radius 2 is 2.00 bits per heavy atom. The van der Waals surface area contributed by atoms with E-state index in [9.17, 15) is 9.59 Å². The molecule has 3 heterocycles. The molecular weight excluding hydrogens is 360 g/mol. The maximum absolute atomic E-state index is 13.1. The number of benzene rings is 1. The summed E-state index contributed by atoms with van der Waals surface area (Å²) < 4.78 is 10.7. The number of hydrogen-bond acceptors (Lipinski definition) is 6. The van der Waals surface area contributed by atoms with Gasteiger partial charge in [0.1, 0.15) is 5.69 Å². The van der Waals surface area contributed by atoms with Gasteiger partial charge in [-0.2, -0.15) is 0 Å². The lowest BCUT2D eigenvalue weighted by Gasteiger charge is -2.25. The zero-order valence-corrected chi connectivity index (χ0v) is 15.6. The molecule has 1 fully saturated rings. The minimum atomic E-state index is -0.292. The lowest BCUT2D eigenvalue weighted by molar-refractivity contribution is 0.0729. The van der Waals surface area contributed by atoms with Crippen LogP contribution in [0.3, 0.4) is 0 Å². The fourth-order valence-corrected chi connectivity index (χ4v) is 3.65. The molecule has 8 heteroatoms. The Bertz CT molecular complexity index is 1100. The van der Waals surface area contributed by atoms with Gasteiger partial charge in [0.05, 0.1) is 43.7 Å². The van der Waals surface area contributed by atoms with E-state index in [1.165, 1.54) is 18.6 Å². The van der Waals surface area contributed by atoms with E-state index in [1.54, 1.807) is 19.1 Å². The molecule has 144 valence electrons. The average molecular weight is 380 g/mol. The number of H-pyrrole nitrogens is 1. The third-order valence-corrected chi connectivity index (χ3v) is 5.05. The Labute approximate surface area is 161 Å². The smallest absolute Gasteiger partial charge is 0.272 e. The molecule has 1 unspecified atom stereocenters. The largest absolute Gasteiger partial charge is 0.493 e. The summed E-state index contributed by atoms with van der Waals surface area (Å²) in [6, 6.07) is 7.11. The van der Waals surface area contributed by atoms with Gasteiger partial charge < -0.3 is 19.4 Å². The molecular formula is C20H20N4O4. The van der Waals surface area contributed by atoms with Crippen molar-refractivity contribution in [2.75, 3.05) is 20.8 Å². The SMILES string of the molecule is COc1ccc(C2CCCN2C(=O)c2cc3c(=O)[nH]cnc3cn2)cc1OC. The van der Waals surface area contributed by atoms with Crippen molar-refractivity contribution < 1.29 is 14.3 Å². The molecule has 1 N–H and O–H groups in total. The molecule has 28 heavy (non-hydrogen) atoms. The van der Waals surface area contributed by atoms with Crippen LogP contribution >= 0.6 is 0 Å². The number of carbonyl (C=O) groups excluding carboxylic acids is 1. The van der Waals surface area contributed by atoms with Gasteiger partial charge in [0.15, 0.2) is 11.5 Å². The number of ether oxygens (including phenoxy) is 2. The van der Waals surface area contributed by atoms with Gasteiger partial charge in [-0.25, -0.2) is 9.97 Å². The van der Waals surface area contributed by atoms with Crippen LogP contribution in [0, 0.1) is 0 Å². The predicted octanol–water partition coefficient (Wildman–Crippen LogP) is 2.31. The summed E-state index contributed by atoms with van der Waals surface area (Å²) in [4.78, 5) is 37.8. The second kappa shape index (κ2) is 7.30. The minimum Gasteiger partial charge on any atom is -0.493 e. The molecule has 3 aromatic rings. The van der Waals surface area contributed by atoms with Gasteiger partial charge in [0.25, 0.3) is 11.5 Å². The lowest BCUT2D eigenvalue weighted by Crippen LogP contribution is -2.31. The zero-order valence-electron chi connectivity index (χ0n) is 15.6. The van der Waals surface area contributed by atoms with Crippen molar-refractivity contribution in [3.63, 3.8) is 0 Å². The highest BCUT2D eigenvalue weighted by atomic mass is 16.5. The molecule has 1 atom stereocenters. The van der Waals surface area contributed by atoms with Crippen LogP contribution in [0.4, 0.5) is 0 Å². The summed E-state index contributed by atoms with van der Waals surface area (Å²) in [5.41, 5.74) is 1.37. The van der Waals surface area contributed by atoms with Gasteiger partial charge in [0, 0.05) is 6.54 Å². The van der Waals surface area contributed by atoms with Gasteiger partial charge in [0.2, 0.25) is 0 Å². The average Bonchev–Trinajstić information content (AvgIpc) is 3.22. The first-order valence-electron chi connectivity index (χ1n) is 8.98. The van der Waals surface area contributed by atoms with Gasteiger partial charge in [-0.3, -0.25) is 9.59 Å². The first-order valence-corrected chi connectivity index (χ1v) is 8.98. The Kier molecular flexibility index (Phi) is 4.68. The molecule has 0 aliphatic carbocycles. The molecule has 0 spiro atoms. The molecule has 1 saturated heterocycles. The lowest BCUT2D eigenvalue weighted by atomic mass is 10.0. The number of nitrogens with one attached hydrogen (secondary N) is 1. The van der Waals surface area contributed by atoms with Gasteiger partial charge >= 0.3 is 0 Å². The van der Waals surface area contributed by atoms with Crippen LogP contribution in [0.5, 0.6) is 11.5 Å². The normalized spacial score (nSPS) is 16.4. The third kappa shape index (κ3) is 3.06. The quantitative estimate of drug-likeness (QED) is 0.746. The van der Waals surface area contributed by atoms with Gasteiger partial charge in [-0.05, 0) is 36.6 Å². The molecule has 2 aromatic heterocycles. The van der Waals surface area contributed by atoms with Crippen LogP contribution in [-0.4, -0.2) is 46.5 Å². The number of carbonyl (C=O) groups is 1. The second-order valence-corrected chi connectivity index (χ2v) is 6.59. The third-order valence-electron chi connectivity index (χ3n) is 5.05. The Hall–Kier alpha value is -3.42. The minimum absolute atomic E-state index is 0.0861. The number of aromatic nitrogens is 3. The highest BCUT2D eigenvalue weighted by Gasteiger charge is 2.32. The number of pyridine rings is 1. The fourth-order valence-electron chi connectivity index (χ4n) is 3.65. The van der Waals surface area contributed by atoms with Crippen LogP contribution in [0.2, 0.25) is 0 Å². The zero-order chi connectivity index (χ0) is 19.7. The summed E-state index contributed by atoms with van der Waals surface area (Å²) in [6.07, 6.45) is 4.51. The predicted molar refractivity (Wildman–Crippen MR) is 103 cm³/mol. The first kappa shape index (κ1) is 18.0. The summed E-state index contributed by atoms with van der Waals surface area (Å²) in [6.45, 7) is 0.626. The standard InChI is InChI=1S/C20H20N4O4/c1-27-17-6-5-12(8-18(17)28-2)16-4-3-7-24(16)20(26)14-9-13-15(10-21-14)22-11-23-19(13)25/h5-6,8-11,16H,3-4,7H2,1-2H3,(H,22,23,25). The van der Waals surface area contributed by atoms with E-state index in [-0.39, 0.29) is 23.2 Å². The van der Waals surface area contributed by atoms with Crippen molar-refractivity contribution in [3.8, 4) is 11.5 Å². The number of likely N-dealkylation sites (tertiary alicyclic amines) is 1. The van der Waals surface area contributed by atoms with Crippen molar-refractivity contribution in [1.29, 1.82) is 0 Å². The van der Waals surface area contributed by atoms with Crippen LogP contribution in [0.1, 0.15) is 34.9 Å². The number of rotatable bonds is 4. The molecule has 1 aliphatic rings. The fraction of sp³-hybridized carbons (Fsp3) is 0.300. The molecule has 8 nitrogen and oxygen atoms in total. The molecule has 1 amide bonds. The molecule has 1 aromatic carbocycles. The summed E-state index contributed by atoms with van der Waals surface area (Å²) in [7, 11) is 3.18. The number of nitrogens with zero attached hydrogens (tertiary/aromatic N) is 3. The second-order valence-electron chi connectivity index (χ2n) is 6.59. The number of fused-ring (bicyclic) bond motifs is 1. The number of methoxy groups -OCH3 is 2. The van der Waals surface area contributed by atoms with Crippen LogP contribution in [0.25, 0.3) is 10.9 Å². The summed E-state index contributed by atoms with van der Waals surface area (Å²) >= 11 is 0. The van der Waals surface area contributed by atoms with Crippen molar-refractivity contribution >= 4 is 16.8 Å². The van der Waals surface area contributed by atoms with E-state index in [4.69, 9.17) is 9.47 Å². The molecule has 0 bridgehead atoms. The van der Waals surface area contributed by atoms with E-state index < -0.39 is 0 Å². The number of hydrogen-bond donors (Lipinski definition) is 1. The maximum atomic E-state index is 13.1. The van der Waals surface area contributed by atoms with E-state index in [0.29, 0.717) is 28.9 Å². The first-order chi connectivity index (χ1) is 13.6. The molecule has 1 aliphatic heterocycles.